The topological polar surface area (TPSA) is 59.6 Å². The van der Waals surface area contributed by atoms with E-state index in [1.807, 2.05) is 13.8 Å². The van der Waals surface area contributed by atoms with Gasteiger partial charge in [-0.25, -0.2) is 0 Å². The molecule has 1 rings (SSSR count). The molecular weight excluding hydrogens is 208 g/mol. The van der Waals surface area contributed by atoms with Gasteiger partial charge < -0.3 is 20.1 Å². The first kappa shape index (κ1) is 13.4. The van der Waals surface area contributed by atoms with E-state index in [-0.39, 0.29) is 18.2 Å². The molecule has 0 aliphatic carbocycles. The number of carbonyl (C=O) groups is 1. The highest BCUT2D eigenvalue weighted by Crippen LogP contribution is 2.04. The van der Waals surface area contributed by atoms with Crippen LogP contribution in [0.2, 0.25) is 0 Å². The fraction of sp³-hybridized carbons (Fsp3) is 0.909. The van der Waals surface area contributed by atoms with Crippen LogP contribution in [0.3, 0.4) is 0 Å². The second kappa shape index (κ2) is 7.60. The van der Waals surface area contributed by atoms with Crippen LogP contribution >= 0.6 is 0 Å². The number of ether oxygens (including phenoxy) is 2. The van der Waals surface area contributed by atoms with E-state index < -0.39 is 0 Å². The molecule has 1 fully saturated rings. The van der Waals surface area contributed by atoms with Crippen molar-refractivity contribution in [2.75, 3.05) is 26.3 Å². The molecule has 94 valence electrons. The van der Waals surface area contributed by atoms with Gasteiger partial charge in [0.2, 0.25) is 5.91 Å². The zero-order chi connectivity index (χ0) is 11.8. The maximum atomic E-state index is 11.7. The maximum Gasteiger partial charge on any atom is 0.237 e. The molecule has 0 aromatic heterocycles. The first-order chi connectivity index (χ1) is 7.77. The Balaban J connectivity index is 2.21. The molecule has 0 saturated carbocycles. The summed E-state index contributed by atoms with van der Waals surface area (Å²) in [6, 6.07) is -0.0381. The molecule has 5 nitrogen and oxygen atoms in total. The molecule has 5 heteroatoms. The lowest BCUT2D eigenvalue weighted by Crippen LogP contribution is -2.44. The minimum Gasteiger partial charge on any atom is -0.351 e. The van der Waals surface area contributed by atoms with Crippen LogP contribution in [0, 0.1) is 0 Å². The normalized spacial score (nSPS) is 20.3. The van der Waals surface area contributed by atoms with E-state index >= 15 is 0 Å². The average molecular weight is 230 g/mol. The predicted molar refractivity (Wildman–Crippen MR) is 61.1 cm³/mol. The third-order valence-corrected chi connectivity index (χ3v) is 2.52. The van der Waals surface area contributed by atoms with Gasteiger partial charge in [-0.15, -0.1) is 0 Å². The van der Waals surface area contributed by atoms with Crippen LogP contribution in [0.5, 0.6) is 0 Å². The lowest BCUT2D eigenvalue weighted by atomic mass is 10.2. The summed E-state index contributed by atoms with van der Waals surface area (Å²) in [6.45, 7) is 6.33. The Morgan fingerprint density at radius 2 is 2.12 bits per heavy atom. The van der Waals surface area contributed by atoms with Crippen LogP contribution in [0.15, 0.2) is 0 Å². The molecule has 1 amide bonds. The first-order valence-corrected chi connectivity index (χ1v) is 6.02. The summed E-state index contributed by atoms with van der Waals surface area (Å²) in [5.74, 6) is 0.0434. The molecule has 1 atom stereocenters. The van der Waals surface area contributed by atoms with Crippen molar-refractivity contribution in [1.82, 2.24) is 10.6 Å². The smallest absolute Gasteiger partial charge is 0.237 e. The molecule has 1 heterocycles. The molecule has 0 spiro atoms. The maximum absolute atomic E-state index is 11.7. The molecule has 1 unspecified atom stereocenters. The number of amides is 1. The van der Waals surface area contributed by atoms with Crippen molar-refractivity contribution in [3.63, 3.8) is 0 Å². The number of nitrogens with one attached hydrogen (secondary N) is 2. The third-order valence-electron chi connectivity index (χ3n) is 2.52. The lowest BCUT2D eigenvalue weighted by Gasteiger charge is -2.18. The van der Waals surface area contributed by atoms with E-state index in [2.05, 4.69) is 10.6 Å². The van der Waals surface area contributed by atoms with Crippen molar-refractivity contribution in [1.29, 1.82) is 0 Å². The molecule has 1 aliphatic rings. The Labute approximate surface area is 96.9 Å². The summed E-state index contributed by atoms with van der Waals surface area (Å²) in [5, 5.41) is 5.99. The highest BCUT2D eigenvalue weighted by atomic mass is 16.7. The second-order valence-electron chi connectivity index (χ2n) is 3.73. The van der Waals surface area contributed by atoms with Gasteiger partial charge in [-0.1, -0.05) is 0 Å². The average Bonchev–Trinajstić information content (AvgIpc) is 2.79. The van der Waals surface area contributed by atoms with Gasteiger partial charge in [0.15, 0.2) is 6.29 Å². The van der Waals surface area contributed by atoms with Gasteiger partial charge in [-0.2, -0.15) is 0 Å². The number of carbonyl (C=O) groups excluding carboxylic acids is 1. The molecule has 2 N–H and O–H groups in total. The molecule has 0 bridgehead atoms. The zero-order valence-electron chi connectivity index (χ0n) is 10.1. The SMILES string of the molecule is CCOC(CNC(=O)C1CCCN1)OCC. The van der Waals surface area contributed by atoms with Crippen molar-refractivity contribution >= 4 is 5.91 Å². The number of hydrogen-bond donors (Lipinski definition) is 2. The zero-order valence-corrected chi connectivity index (χ0v) is 10.1. The van der Waals surface area contributed by atoms with Gasteiger partial charge in [0.25, 0.3) is 0 Å². The van der Waals surface area contributed by atoms with Crippen molar-refractivity contribution in [3.05, 3.63) is 0 Å². The highest BCUT2D eigenvalue weighted by molar-refractivity contribution is 5.81. The van der Waals surface area contributed by atoms with Crippen LogP contribution in [0.4, 0.5) is 0 Å². The Morgan fingerprint density at radius 3 is 2.62 bits per heavy atom. The summed E-state index contributed by atoms with van der Waals surface area (Å²) in [4.78, 5) is 11.7. The molecule has 0 aromatic carbocycles. The summed E-state index contributed by atoms with van der Waals surface area (Å²) in [5.41, 5.74) is 0. The molecule has 16 heavy (non-hydrogen) atoms. The van der Waals surface area contributed by atoms with Crippen molar-refractivity contribution in [2.45, 2.75) is 39.0 Å². The van der Waals surface area contributed by atoms with Gasteiger partial charge in [0, 0.05) is 13.2 Å². The van der Waals surface area contributed by atoms with Gasteiger partial charge in [-0.3, -0.25) is 4.79 Å². The predicted octanol–water partition coefficient (Wildman–Crippen LogP) is 0.254. The first-order valence-electron chi connectivity index (χ1n) is 6.02. The van der Waals surface area contributed by atoms with E-state index in [4.69, 9.17) is 9.47 Å². The van der Waals surface area contributed by atoms with E-state index in [1.165, 1.54) is 0 Å². The summed E-state index contributed by atoms with van der Waals surface area (Å²) >= 11 is 0. The highest BCUT2D eigenvalue weighted by Gasteiger charge is 2.22. The van der Waals surface area contributed by atoms with E-state index in [0.717, 1.165) is 19.4 Å². The van der Waals surface area contributed by atoms with Gasteiger partial charge in [0.05, 0.1) is 12.6 Å². The van der Waals surface area contributed by atoms with Crippen LogP contribution in [-0.4, -0.2) is 44.5 Å². The van der Waals surface area contributed by atoms with E-state index in [1.54, 1.807) is 0 Å². The Hall–Kier alpha value is -0.650. The minimum absolute atomic E-state index is 0.0381. The van der Waals surface area contributed by atoms with Crippen LogP contribution in [0.1, 0.15) is 26.7 Å². The number of rotatable bonds is 7. The summed E-state index contributed by atoms with van der Waals surface area (Å²) < 4.78 is 10.7. The van der Waals surface area contributed by atoms with Crippen molar-refractivity contribution in [2.24, 2.45) is 0 Å². The van der Waals surface area contributed by atoms with E-state index in [0.29, 0.717) is 19.8 Å². The van der Waals surface area contributed by atoms with Gasteiger partial charge in [-0.05, 0) is 33.2 Å². The quantitative estimate of drug-likeness (QED) is 0.616. The molecule has 1 saturated heterocycles. The molecule has 0 aromatic rings. The van der Waals surface area contributed by atoms with Crippen LogP contribution in [0.25, 0.3) is 0 Å². The van der Waals surface area contributed by atoms with Crippen LogP contribution in [-0.2, 0) is 14.3 Å². The van der Waals surface area contributed by atoms with Gasteiger partial charge >= 0.3 is 0 Å². The standard InChI is InChI=1S/C11H22N2O3/c1-3-15-10(16-4-2)8-13-11(14)9-6-5-7-12-9/h9-10,12H,3-8H2,1-2H3,(H,13,14). The van der Waals surface area contributed by atoms with Crippen molar-refractivity contribution in [3.8, 4) is 0 Å². The Morgan fingerprint density at radius 1 is 1.44 bits per heavy atom. The number of hydrogen-bond acceptors (Lipinski definition) is 4. The minimum atomic E-state index is -0.333. The molecule has 1 aliphatic heterocycles. The largest absolute Gasteiger partial charge is 0.351 e. The van der Waals surface area contributed by atoms with Gasteiger partial charge in [0.1, 0.15) is 0 Å². The Kier molecular flexibility index (Phi) is 6.37. The van der Waals surface area contributed by atoms with Crippen molar-refractivity contribution < 1.29 is 14.3 Å². The lowest BCUT2D eigenvalue weighted by molar-refractivity contribution is -0.141. The fourth-order valence-corrected chi connectivity index (χ4v) is 1.75. The monoisotopic (exact) mass is 230 g/mol. The second-order valence-corrected chi connectivity index (χ2v) is 3.73. The van der Waals surface area contributed by atoms with E-state index in [9.17, 15) is 4.79 Å². The summed E-state index contributed by atoms with van der Waals surface area (Å²) in [6.07, 6.45) is 1.65. The summed E-state index contributed by atoms with van der Waals surface area (Å²) in [7, 11) is 0. The molecule has 0 radical (unpaired) electrons. The van der Waals surface area contributed by atoms with Crippen LogP contribution < -0.4 is 10.6 Å². The Bertz CT molecular complexity index is 199. The third kappa shape index (κ3) is 4.47. The molecular formula is C11H22N2O3. The fourth-order valence-electron chi connectivity index (χ4n) is 1.75.